The summed E-state index contributed by atoms with van der Waals surface area (Å²) in [6.07, 6.45) is 6.21. The fourth-order valence-electron chi connectivity index (χ4n) is 3.26. The molecule has 2 atom stereocenters. The first-order valence-electron chi connectivity index (χ1n) is 8.57. The molecule has 3 heterocycles. The number of nitrogens with zero attached hydrogens (tertiary/aromatic N) is 3. The number of nitrogens with two attached hydrogens (primary N) is 1. The zero-order valence-corrected chi connectivity index (χ0v) is 15.0. The average Bonchev–Trinajstić information content (AvgIpc) is 2.62. The van der Waals surface area contributed by atoms with Crippen molar-refractivity contribution in [2.45, 2.75) is 39.2 Å². The zero-order valence-electron chi connectivity index (χ0n) is 15.0. The molecule has 0 aromatic carbocycles. The minimum Gasteiger partial charge on any atom is -0.322 e. The highest BCUT2D eigenvalue weighted by atomic mass is 14.8. The maximum absolute atomic E-state index is 6.71. The van der Waals surface area contributed by atoms with Crippen molar-refractivity contribution in [3.8, 4) is 0 Å². The maximum Gasteiger partial charge on any atom is 0.0607 e. The van der Waals surface area contributed by atoms with E-state index in [-0.39, 0.29) is 12.0 Å². The van der Waals surface area contributed by atoms with Gasteiger partial charge in [-0.3, -0.25) is 15.0 Å². The molecule has 0 bridgehead atoms. The van der Waals surface area contributed by atoms with Gasteiger partial charge >= 0.3 is 0 Å². The van der Waals surface area contributed by atoms with Crippen LogP contribution in [0.25, 0.3) is 0 Å². The van der Waals surface area contributed by atoms with Gasteiger partial charge in [-0.1, -0.05) is 18.2 Å². The quantitative estimate of drug-likeness (QED) is 0.771. The molecule has 0 saturated heterocycles. The van der Waals surface area contributed by atoms with Gasteiger partial charge in [0, 0.05) is 42.3 Å². The van der Waals surface area contributed by atoms with E-state index in [1.54, 1.807) is 6.20 Å². The van der Waals surface area contributed by atoms with Crippen molar-refractivity contribution in [3.63, 3.8) is 0 Å². The molecule has 25 heavy (non-hydrogen) atoms. The fourth-order valence-corrected chi connectivity index (χ4v) is 3.26. The normalized spacial score (nSPS) is 13.4. The summed E-state index contributed by atoms with van der Waals surface area (Å²) in [4.78, 5) is 13.8. The predicted octanol–water partition coefficient (Wildman–Crippen LogP) is 3.82. The number of aromatic nitrogens is 3. The predicted molar refractivity (Wildman–Crippen MR) is 100 cm³/mol. The van der Waals surface area contributed by atoms with Gasteiger partial charge in [-0.2, -0.15) is 0 Å². The highest BCUT2D eigenvalue weighted by molar-refractivity contribution is 5.31. The van der Waals surface area contributed by atoms with Crippen LogP contribution < -0.4 is 5.73 Å². The van der Waals surface area contributed by atoms with Crippen LogP contribution in [-0.2, 0) is 6.42 Å². The summed E-state index contributed by atoms with van der Waals surface area (Å²) < 4.78 is 0. The Kier molecular flexibility index (Phi) is 5.19. The summed E-state index contributed by atoms with van der Waals surface area (Å²) in [6.45, 7) is 6.22. The van der Waals surface area contributed by atoms with Gasteiger partial charge < -0.3 is 5.73 Å². The first kappa shape index (κ1) is 17.2. The van der Waals surface area contributed by atoms with E-state index in [0.29, 0.717) is 0 Å². The van der Waals surface area contributed by atoms with E-state index >= 15 is 0 Å². The number of aryl methyl sites for hydroxylation is 3. The standard InChI is InChI=1S/C21H24N4/c1-14-7-4-10-23-18(14)13-17(20-15(2)8-5-11-24-20)19(22)21-16(3)9-6-12-25-21/h4-12,17,19H,13,22H2,1-3H3. The fraction of sp³-hybridized carbons (Fsp3) is 0.286. The van der Waals surface area contributed by atoms with E-state index in [1.165, 1.54) is 5.56 Å². The summed E-state index contributed by atoms with van der Waals surface area (Å²) in [5, 5.41) is 0. The Balaban J connectivity index is 2.05. The van der Waals surface area contributed by atoms with Crippen molar-refractivity contribution in [1.29, 1.82) is 0 Å². The Morgan fingerprint density at radius 2 is 1.28 bits per heavy atom. The molecule has 0 saturated carbocycles. The summed E-state index contributed by atoms with van der Waals surface area (Å²) in [6, 6.07) is 11.8. The SMILES string of the molecule is Cc1cccnc1CC(c1ncccc1C)C(N)c1ncccc1C. The van der Waals surface area contributed by atoms with Crippen LogP contribution in [0.3, 0.4) is 0 Å². The molecule has 0 aliphatic carbocycles. The van der Waals surface area contributed by atoms with E-state index < -0.39 is 0 Å². The Bertz CT molecular complexity index is 860. The van der Waals surface area contributed by atoms with Crippen molar-refractivity contribution >= 4 is 0 Å². The number of hydrogen-bond donors (Lipinski definition) is 1. The average molecular weight is 332 g/mol. The zero-order chi connectivity index (χ0) is 17.8. The lowest BCUT2D eigenvalue weighted by Crippen LogP contribution is -2.25. The summed E-state index contributed by atoms with van der Waals surface area (Å²) in [5.74, 6) is 0.0170. The minimum atomic E-state index is -0.240. The molecule has 0 amide bonds. The second-order valence-electron chi connectivity index (χ2n) is 6.51. The van der Waals surface area contributed by atoms with E-state index in [9.17, 15) is 0 Å². The third-order valence-electron chi connectivity index (χ3n) is 4.73. The summed E-state index contributed by atoms with van der Waals surface area (Å²) >= 11 is 0. The van der Waals surface area contributed by atoms with Crippen LogP contribution in [0.15, 0.2) is 55.0 Å². The third kappa shape index (κ3) is 3.74. The van der Waals surface area contributed by atoms with Gasteiger partial charge in [-0.25, -0.2) is 0 Å². The lowest BCUT2D eigenvalue weighted by atomic mass is 9.85. The molecule has 0 spiro atoms. The number of hydrogen-bond acceptors (Lipinski definition) is 4. The lowest BCUT2D eigenvalue weighted by molar-refractivity contribution is 0.516. The Hall–Kier alpha value is -2.59. The molecule has 0 aliphatic heterocycles. The summed E-state index contributed by atoms with van der Waals surface area (Å²) in [5.41, 5.74) is 13.1. The molecular weight excluding hydrogens is 308 g/mol. The Morgan fingerprint density at radius 3 is 1.84 bits per heavy atom. The number of rotatable bonds is 5. The highest BCUT2D eigenvalue weighted by Gasteiger charge is 2.27. The van der Waals surface area contributed by atoms with Crippen molar-refractivity contribution in [1.82, 2.24) is 15.0 Å². The lowest BCUT2D eigenvalue weighted by Gasteiger charge is -2.26. The van der Waals surface area contributed by atoms with E-state index in [1.807, 2.05) is 30.6 Å². The van der Waals surface area contributed by atoms with E-state index in [0.717, 1.165) is 34.6 Å². The second-order valence-corrected chi connectivity index (χ2v) is 6.51. The molecule has 0 fully saturated rings. The molecule has 4 nitrogen and oxygen atoms in total. The first-order chi connectivity index (χ1) is 12.1. The molecule has 0 radical (unpaired) electrons. The third-order valence-corrected chi connectivity index (χ3v) is 4.73. The van der Waals surface area contributed by atoms with Gasteiger partial charge in [0.1, 0.15) is 0 Å². The smallest absolute Gasteiger partial charge is 0.0607 e. The minimum absolute atomic E-state index is 0.0170. The molecule has 0 aliphatic rings. The molecule has 3 aromatic heterocycles. The molecule has 3 rings (SSSR count). The van der Waals surface area contributed by atoms with Gasteiger partial charge in [0.05, 0.1) is 11.7 Å². The van der Waals surface area contributed by atoms with Crippen LogP contribution in [0.1, 0.15) is 45.7 Å². The topological polar surface area (TPSA) is 64.7 Å². The van der Waals surface area contributed by atoms with Crippen molar-refractivity contribution in [2.24, 2.45) is 5.73 Å². The van der Waals surface area contributed by atoms with Gasteiger partial charge in [-0.05, 0) is 55.7 Å². The van der Waals surface area contributed by atoms with Gasteiger partial charge in [-0.15, -0.1) is 0 Å². The number of pyridine rings is 3. The van der Waals surface area contributed by atoms with Gasteiger partial charge in [0.25, 0.3) is 0 Å². The Morgan fingerprint density at radius 1 is 0.760 bits per heavy atom. The van der Waals surface area contributed by atoms with Crippen LogP contribution in [0.4, 0.5) is 0 Å². The molecular formula is C21H24N4. The maximum atomic E-state index is 6.71. The van der Waals surface area contributed by atoms with Crippen LogP contribution in [0, 0.1) is 20.8 Å². The molecule has 2 N–H and O–H groups in total. The van der Waals surface area contributed by atoms with E-state index in [2.05, 4.69) is 53.9 Å². The second kappa shape index (κ2) is 7.53. The molecule has 3 aromatic rings. The molecule has 128 valence electrons. The van der Waals surface area contributed by atoms with Crippen LogP contribution >= 0.6 is 0 Å². The van der Waals surface area contributed by atoms with Gasteiger partial charge in [0.2, 0.25) is 0 Å². The monoisotopic (exact) mass is 332 g/mol. The van der Waals surface area contributed by atoms with Crippen molar-refractivity contribution in [3.05, 3.63) is 88.8 Å². The van der Waals surface area contributed by atoms with Crippen LogP contribution in [0.5, 0.6) is 0 Å². The largest absolute Gasteiger partial charge is 0.322 e. The molecule has 2 unspecified atom stereocenters. The first-order valence-corrected chi connectivity index (χ1v) is 8.57. The van der Waals surface area contributed by atoms with Crippen molar-refractivity contribution in [2.75, 3.05) is 0 Å². The van der Waals surface area contributed by atoms with Crippen LogP contribution in [-0.4, -0.2) is 15.0 Å². The van der Waals surface area contributed by atoms with Crippen molar-refractivity contribution < 1.29 is 0 Å². The molecule has 4 heteroatoms. The Labute approximate surface area is 149 Å². The van der Waals surface area contributed by atoms with E-state index in [4.69, 9.17) is 5.73 Å². The summed E-state index contributed by atoms with van der Waals surface area (Å²) in [7, 11) is 0. The van der Waals surface area contributed by atoms with Gasteiger partial charge in [0.15, 0.2) is 0 Å². The van der Waals surface area contributed by atoms with Crippen LogP contribution in [0.2, 0.25) is 0 Å². The highest BCUT2D eigenvalue weighted by Crippen LogP contribution is 2.33.